The van der Waals surface area contributed by atoms with Crippen LogP contribution in [0.1, 0.15) is 0 Å². The summed E-state index contributed by atoms with van der Waals surface area (Å²) in [6.45, 7) is 0. The first-order valence-corrected chi connectivity index (χ1v) is 16.8. The molecule has 0 aliphatic rings. The lowest BCUT2D eigenvalue weighted by molar-refractivity contribution is 0.669. The van der Waals surface area contributed by atoms with E-state index in [9.17, 15) is 0 Å². The van der Waals surface area contributed by atoms with Crippen LogP contribution in [0.2, 0.25) is 0 Å². The number of para-hydroxylation sites is 3. The Hall–Kier alpha value is -5.90. The van der Waals surface area contributed by atoms with E-state index in [1.165, 1.54) is 74.6 Å². The molecule has 0 amide bonds. The minimum Gasteiger partial charge on any atom is -0.456 e. The monoisotopic (exact) mass is 615 g/mol. The Bertz CT molecular complexity index is 3070. The van der Waals surface area contributed by atoms with Gasteiger partial charge in [-0.05, 0) is 87.8 Å². The van der Waals surface area contributed by atoms with Gasteiger partial charge in [-0.1, -0.05) is 91.0 Å². The molecule has 0 aliphatic heterocycles. The van der Waals surface area contributed by atoms with E-state index in [4.69, 9.17) is 4.42 Å². The Balaban J connectivity index is 1.35. The van der Waals surface area contributed by atoms with E-state index in [0.717, 1.165) is 27.6 Å². The molecule has 8 aromatic carbocycles. The highest BCUT2D eigenvalue weighted by Crippen LogP contribution is 2.46. The lowest BCUT2D eigenvalue weighted by Crippen LogP contribution is -1.93. The number of fused-ring (bicyclic) bond motifs is 12. The summed E-state index contributed by atoms with van der Waals surface area (Å²) >= 11 is 1.89. The molecule has 11 rings (SSSR count). The Labute approximate surface area is 273 Å². The molecule has 0 N–H and O–H groups in total. The average molecular weight is 616 g/mol. The normalized spacial score (nSPS) is 12.3. The Morgan fingerprint density at radius 3 is 2.06 bits per heavy atom. The smallest absolute Gasteiger partial charge is 0.136 e. The van der Waals surface area contributed by atoms with Crippen LogP contribution in [0, 0.1) is 0 Å². The van der Waals surface area contributed by atoms with Gasteiger partial charge in [-0.25, -0.2) is 0 Å². The van der Waals surface area contributed by atoms with Gasteiger partial charge in [0.15, 0.2) is 0 Å². The van der Waals surface area contributed by atoms with Crippen LogP contribution < -0.4 is 0 Å². The summed E-state index contributed by atoms with van der Waals surface area (Å²) in [5, 5.41) is 12.4. The molecule has 0 saturated heterocycles. The second-order valence-electron chi connectivity index (χ2n) is 12.5. The summed E-state index contributed by atoms with van der Waals surface area (Å²) in [4.78, 5) is 0. The van der Waals surface area contributed by atoms with Crippen molar-refractivity contribution >= 4 is 96.8 Å². The van der Waals surface area contributed by atoms with Gasteiger partial charge >= 0.3 is 0 Å². The van der Waals surface area contributed by atoms with Crippen LogP contribution in [0.15, 0.2) is 156 Å². The number of nitrogens with zero attached hydrogens (tertiary/aromatic N) is 1. The van der Waals surface area contributed by atoms with Gasteiger partial charge < -0.3 is 8.98 Å². The predicted molar refractivity (Wildman–Crippen MR) is 201 cm³/mol. The fourth-order valence-corrected chi connectivity index (χ4v) is 9.10. The van der Waals surface area contributed by atoms with Crippen molar-refractivity contribution < 1.29 is 4.42 Å². The van der Waals surface area contributed by atoms with Gasteiger partial charge in [-0.2, -0.15) is 0 Å². The highest BCUT2D eigenvalue weighted by Gasteiger charge is 2.20. The molecule has 218 valence electrons. The zero-order valence-electron chi connectivity index (χ0n) is 25.2. The van der Waals surface area contributed by atoms with Gasteiger partial charge in [0.05, 0.1) is 11.0 Å². The summed E-state index contributed by atoms with van der Waals surface area (Å²) in [6.07, 6.45) is 0. The SMILES string of the molecule is c1ccc(-n2c3ccccc3c3cc4c(-c5cccc6c5sc5ccccc56)cc5cc6oc7ccccc7c6cc5c4cc32)cc1. The fourth-order valence-electron chi connectivity index (χ4n) is 7.87. The molecule has 0 saturated carbocycles. The predicted octanol–water partition coefficient (Wildman–Crippen LogP) is 13.0. The lowest BCUT2D eigenvalue weighted by atomic mass is 9.91. The number of benzene rings is 8. The minimum atomic E-state index is 0.920. The highest BCUT2D eigenvalue weighted by molar-refractivity contribution is 7.26. The molecule has 0 spiro atoms. The van der Waals surface area contributed by atoms with Crippen molar-refractivity contribution in [3.8, 4) is 16.8 Å². The topological polar surface area (TPSA) is 18.1 Å². The Morgan fingerprint density at radius 2 is 1.15 bits per heavy atom. The van der Waals surface area contributed by atoms with E-state index in [1.54, 1.807) is 0 Å². The van der Waals surface area contributed by atoms with Crippen LogP contribution in [-0.2, 0) is 0 Å². The summed E-state index contributed by atoms with van der Waals surface area (Å²) in [5.41, 5.74) is 7.94. The van der Waals surface area contributed by atoms with Crippen LogP contribution in [0.5, 0.6) is 0 Å². The van der Waals surface area contributed by atoms with Crippen LogP contribution in [-0.4, -0.2) is 4.57 Å². The largest absolute Gasteiger partial charge is 0.456 e. The number of rotatable bonds is 2. The van der Waals surface area contributed by atoms with Gasteiger partial charge in [-0.15, -0.1) is 11.3 Å². The van der Waals surface area contributed by atoms with E-state index >= 15 is 0 Å². The first-order chi connectivity index (χ1) is 23.3. The molecule has 3 heterocycles. The van der Waals surface area contributed by atoms with Crippen molar-refractivity contribution in [3.05, 3.63) is 152 Å². The Morgan fingerprint density at radius 1 is 0.404 bits per heavy atom. The summed E-state index contributed by atoms with van der Waals surface area (Å²) in [5.74, 6) is 0. The first kappa shape index (κ1) is 25.3. The molecule has 0 radical (unpaired) electrons. The molecule has 47 heavy (non-hydrogen) atoms. The van der Waals surface area contributed by atoms with E-state index in [2.05, 4.69) is 150 Å². The maximum absolute atomic E-state index is 6.41. The second-order valence-corrected chi connectivity index (χ2v) is 13.5. The second kappa shape index (κ2) is 9.32. The molecule has 0 bridgehead atoms. The number of thiophene rings is 1. The molecule has 3 aromatic heterocycles. The summed E-state index contributed by atoms with van der Waals surface area (Å²) in [6, 6.07) is 55.3. The van der Waals surface area contributed by atoms with E-state index in [1.807, 2.05) is 17.4 Å². The van der Waals surface area contributed by atoms with Crippen molar-refractivity contribution in [2.24, 2.45) is 0 Å². The maximum atomic E-state index is 6.41. The molecule has 0 unspecified atom stereocenters. The van der Waals surface area contributed by atoms with Gasteiger partial charge in [0.1, 0.15) is 11.2 Å². The Kier molecular flexibility index (Phi) is 5.02. The van der Waals surface area contributed by atoms with Crippen LogP contribution in [0.3, 0.4) is 0 Å². The maximum Gasteiger partial charge on any atom is 0.136 e. The standard InChI is InChI=1S/C44H25NOS/c1-2-11-27(12-3-1)45-39-18-7-4-13-28(39)37-24-35-34(32-17-10-16-31-30-15-6-9-20-43(30)47-44(31)32)21-26-22-42-38(23-33(26)36(35)25-40(37)45)29-14-5-8-19-41(29)46-42/h1-25H. The highest BCUT2D eigenvalue weighted by atomic mass is 32.1. The van der Waals surface area contributed by atoms with Crippen LogP contribution in [0.4, 0.5) is 0 Å². The molecule has 0 atom stereocenters. The minimum absolute atomic E-state index is 0.920. The first-order valence-electron chi connectivity index (χ1n) is 16.0. The molecule has 11 aromatic rings. The third kappa shape index (κ3) is 3.49. The molecular formula is C44H25NOS. The van der Waals surface area contributed by atoms with Gasteiger partial charge in [0, 0.05) is 53.0 Å². The average Bonchev–Trinajstić information content (AvgIpc) is 3.79. The van der Waals surface area contributed by atoms with E-state index in [0.29, 0.717) is 0 Å². The van der Waals surface area contributed by atoms with Crippen molar-refractivity contribution in [1.29, 1.82) is 0 Å². The number of furan rings is 1. The molecule has 0 aliphatic carbocycles. The molecule has 3 heteroatoms. The van der Waals surface area contributed by atoms with Crippen LogP contribution >= 0.6 is 11.3 Å². The van der Waals surface area contributed by atoms with E-state index < -0.39 is 0 Å². The quantitative estimate of drug-likeness (QED) is 0.177. The van der Waals surface area contributed by atoms with Crippen molar-refractivity contribution in [3.63, 3.8) is 0 Å². The molecule has 2 nitrogen and oxygen atoms in total. The zero-order chi connectivity index (χ0) is 30.6. The summed E-state index contributed by atoms with van der Waals surface area (Å²) in [7, 11) is 0. The van der Waals surface area contributed by atoms with Gasteiger partial charge in [0.25, 0.3) is 0 Å². The van der Waals surface area contributed by atoms with Gasteiger partial charge in [-0.3, -0.25) is 0 Å². The van der Waals surface area contributed by atoms with Crippen molar-refractivity contribution in [2.45, 2.75) is 0 Å². The number of aromatic nitrogens is 1. The summed E-state index contributed by atoms with van der Waals surface area (Å²) < 4.78 is 11.5. The van der Waals surface area contributed by atoms with Gasteiger partial charge in [0.2, 0.25) is 0 Å². The number of hydrogen-bond donors (Lipinski definition) is 0. The van der Waals surface area contributed by atoms with Crippen molar-refractivity contribution in [2.75, 3.05) is 0 Å². The third-order valence-corrected chi connectivity index (χ3v) is 11.2. The van der Waals surface area contributed by atoms with Crippen molar-refractivity contribution in [1.82, 2.24) is 4.57 Å². The zero-order valence-corrected chi connectivity index (χ0v) is 26.0. The molecular weight excluding hydrogens is 591 g/mol. The molecule has 0 fully saturated rings. The lowest BCUT2D eigenvalue weighted by Gasteiger charge is -2.14. The third-order valence-electron chi connectivity index (χ3n) is 9.95. The number of hydrogen-bond acceptors (Lipinski definition) is 2. The fraction of sp³-hybridized carbons (Fsp3) is 0. The van der Waals surface area contributed by atoms with Crippen LogP contribution in [0.25, 0.3) is 102 Å². The van der Waals surface area contributed by atoms with E-state index in [-0.39, 0.29) is 0 Å².